The Kier molecular flexibility index (Phi) is 2.83. The molecule has 0 bridgehead atoms. The molecule has 1 fully saturated rings. The molecular formula is C10H11FIN. The molecule has 3 heteroatoms. The molecule has 1 aromatic rings. The summed E-state index contributed by atoms with van der Waals surface area (Å²) in [5.74, 6) is 0.339. The third-order valence-electron chi connectivity index (χ3n) is 2.48. The van der Waals surface area contributed by atoms with Gasteiger partial charge in [-0.1, -0.05) is 12.1 Å². The molecule has 1 unspecified atom stereocenters. The number of hydrogen-bond acceptors (Lipinski definition) is 1. The summed E-state index contributed by atoms with van der Waals surface area (Å²) >= 11 is 2.04. The molecule has 1 aromatic carbocycles. The largest absolute Gasteiger partial charge is 0.316 e. The van der Waals surface area contributed by atoms with Crippen molar-refractivity contribution in [2.75, 3.05) is 13.1 Å². The van der Waals surface area contributed by atoms with Crippen LogP contribution in [0.4, 0.5) is 4.39 Å². The van der Waals surface area contributed by atoms with Crippen molar-refractivity contribution in [2.24, 2.45) is 0 Å². The fourth-order valence-electron chi connectivity index (χ4n) is 1.76. The number of hydrogen-bond donors (Lipinski definition) is 1. The summed E-state index contributed by atoms with van der Waals surface area (Å²) in [7, 11) is 0. The third kappa shape index (κ3) is 1.86. The van der Waals surface area contributed by atoms with Crippen molar-refractivity contribution >= 4 is 22.6 Å². The first-order chi connectivity index (χ1) is 6.29. The van der Waals surface area contributed by atoms with E-state index in [-0.39, 0.29) is 5.82 Å². The van der Waals surface area contributed by atoms with E-state index in [1.807, 2.05) is 40.8 Å². The van der Waals surface area contributed by atoms with Crippen LogP contribution in [0.2, 0.25) is 0 Å². The van der Waals surface area contributed by atoms with E-state index < -0.39 is 0 Å². The number of nitrogens with one attached hydrogen (secondary N) is 1. The van der Waals surface area contributed by atoms with Crippen molar-refractivity contribution in [3.63, 3.8) is 0 Å². The topological polar surface area (TPSA) is 12.0 Å². The average Bonchev–Trinajstić information content (AvgIpc) is 2.62. The Morgan fingerprint density at radius 1 is 1.46 bits per heavy atom. The maximum absolute atomic E-state index is 13.6. The minimum atomic E-state index is -0.0307. The van der Waals surface area contributed by atoms with E-state index in [1.165, 1.54) is 0 Å². The molecule has 0 amide bonds. The number of halogens is 2. The Morgan fingerprint density at radius 2 is 2.31 bits per heavy atom. The standard InChI is InChI=1S/C10H11FIN/c11-10-8(2-1-3-9(10)12)7-4-5-13-6-7/h1-3,7,13H,4-6H2. The summed E-state index contributed by atoms with van der Waals surface area (Å²) in [6.07, 6.45) is 1.05. The first-order valence-electron chi connectivity index (χ1n) is 4.43. The lowest BCUT2D eigenvalue weighted by Crippen LogP contribution is -2.09. The lowest BCUT2D eigenvalue weighted by atomic mass is 9.98. The van der Waals surface area contributed by atoms with Gasteiger partial charge in [-0.05, 0) is 47.2 Å². The Labute approximate surface area is 90.9 Å². The van der Waals surface area contributed by atoms with Gasteiger partial charge < -0.3 is 5.32 Å². The Balaban J connectivity index is 2.33. The number of benzene rings is 1. The van der Waals surface area contributed by atoms with E-state index in [2.05, 4.69) is 5.32 Å². The fourth-order valence-corrected chi connectivity index (χ4v) is 2.27. The minimum Gasteiger partial charge on any atom is -0.316 e. The van der Waals surface area contributed by atoms with Gasteiger partial charge in [-0.3, -0.25) is 0 Å². The first kappa shape index (κ1) is 9.40. The van der Waals surface area contributed by atoms with Crippen LogP contribution in [0.25, 0.3) is 0 Å². The van der Waals surface area contributed by atoms with E-state index >= 15 is 0 Å². The summed E-state index contributed by atoms with van der Waals surface area (Å²) in [6, 6.07) is 5.63. The van der Waals surface area contributed by atoms with Crippen molar-refractivity contribution in [1.29, 1.82) is 0 Å². The molecule has 2 rings (SSSR count). The first-order valence-corrected chi connectivity index (χ1v) is 5.51. The molecule has 0 spiro atoms. The van der Waals surface area contributed by atoms with Gasteiger partial charge in [-0.15, -0.1) is 0 Å². The van der Waals surface area contributed by atoms with Crippen LogP contribution >= 0.6 is 22.6 Å². The zero-order valence-corrected chi connectivity index (χ0v) is 9.34. The van der Waals surface area contributed by atoms with Gasteiger partial charge in [-0.25, -0.2) is 4.39 Å². The van der Waals surface area contributed by atoms with Gasteiger partial charge in [-0.2, -0.15) is 0 Å². The van der Waals surface area contributed by atoms with Crippen LogP contribution in [0.1, 0.15) is 17.9 Å². The predicted octanol–water partition coefficient (Wildman–Crippen LogP) is 2.51. The maximum Gasteiger partial charge on any atom is 0.140 e. The average molecular weight is 291 g/mol. The SMILES string of the molecule is Fc1c(I)cccc1C1CCNC1. The van der Waals surface area contributed by atoms with Crippen molar-refractivity contribution in [2.45, 2.75) is 12.3 Å². The van der Waals surface area contributed by atoms with Gasteiger partial charge in [0.1, 0.15) is 5.82 Å². The van der Waals surface area contributed by atoms with Gasteiger partial charge in [0.15, 0.2) is 0 Å². The molecule has 1 aliphatic heterocycles. The smallest absolute Gasteiger partial charge is 0.140 e. The van der Waals surface area contributed by atoms with Crippen LogP contribution in [-0.2, 0) is 0 Å². The molecular weight excluding hydrogens is 280 g/mol. The van der Waals surface area contributed by atoms with E-state index in [9.17, 15) is 4.39 Å². The fraction of sp³-hybridized carbons (Fsp3) is 0.400. The monoisotopic (exact) mass is 291 g/mol. The lowest BCUT2D eigenvalue weighted by Gasteiger charge is -2.10. The number of rotatable bonds is 1. The van der Waals surface area contributed by atoms with Crippen molar-refractivity contribution in [3.8, 4) is 0 Å². The molecule has 1 nitrogen and oxygen atoms in total. The van der Waals surface area contributed by atoms with Crippen molar-refractivity contribution < 1.29 is 4.39 Å². The summed E-state index contributed by atoms with van der Waals surface area (Å²) in [5.41, 5.74) is 0.872. The predicted molar refractivity (Wildman–Crippen MR) is 59.3 cm³/mol. The second kappa shape index (κ2) is 3.92. The quantitative estimate of drug-likeness (QED) is 0.784. The molecule has 0 aliphatic carbocycles. The maximum atomic E-state index is 13.6. The van der Waals surface area contributed by atoms with Crippen LogP contribution < -0.4 is 5.32 Å². The van der Waals surface area contributed by atoms with Crippen LogP contribution in [0, 0.1) is 9.39 Å². The van der Waals surface area contributed by atoms with Crippen LogP contribution in [0.5, 0.6) is 0 Å². The van der Waals surface area contributed by atoms with E-state index in [0.717, 1.165) is 28.6 Å². The van der Waals surface area contributed by atoms with Gasteiger partial charge in [0, 0.05) is 16.0 Å². The highest BCUT2D eigenvalue weighted by Gasteiger charge is 2.20. The summed E-state index contributed by atoms with van der Waals surface area (Å²) in [4.78, 5) is 0. The van der Waals surface area contributed by atoms with Crippen molar-refractivity contribution in [3.05, 3.63) is 33.1 Å². The second-order valence-electron chi connectivity index (χ2n) is 3.33. The molecule has 1 saturated heterocycles. The van der Waals surface area contributed by atoms with Gasteiger partial charge >= 0.3 is 0 Å². The van der Waals surface area contributed by atoms with Crippen molar-refractivity contribution in [1.82, 2.24) is 5.32 Å². The molecule has 1 N–H and O–H groups in total. The summed E-state index contributed by atoms with van der Waals surface area (Å²) in [6.45, 7) is 1.92. The van der Waals surface area contributed by atoms with Crippen LogP contribution in [-0.4, -0.2) is 13.1 Å². The molecule has 0 aromatic heterocycles. The molecule has 0 radical (unpaired) electrons. The van der Waals surface area contributed by atoms with Gasteiger partial charge in [0.2, 0.25) is 0 Å². The zero-order chi connectivity index (χ0) is 9.26. The van der Waals surface area contributed by atoms with Gasteiger partial charge in [0.05, 0.1) is 0 Å². The lowest BCUT2D eigenvalue weighted by molar-refractivity contribution is 0.581. The molecule has 0 saturated carbocycles. The molecule has 1 heterocycles. The molecule has 70 valence electrons. The van der Waals surface area contributed by atoms with Crippen LogP contribution in [0.15, 0.2) is 18.2 Å². The third-order valence-corrected chi connectivity index (χ3v) is 3.31. The Morgan fingerprint density at radius 3 is 3.00 bits per heavy atom. The zero-order valence-electron chi connectivity index (χ0n) is 7.19. The Hall–Kier alpha value is -0.160. The van der Waals surface area contributed by atoms with Gasteiger partial charge in [0.25, 0.3) is 0 Å². The minimum absolute atomic E-state index is 0.0307. The summed E-state index contributed by atoms with van der Waals surface area (Å²) in [5, 5.41) is 3.25. The highest BCUT2D eigenvalue weighted by Crippen LogP contribution is 2.26. The van der Waals surface area contributed by atoms with E-state index in [4.69, 9.17) is 0 Å². The summed E-state index contributed by atoms with van der Waals surface area (Å²) < 4.78 is 14.3. The second-order valence-corrected chi connectivity index (χ2v) is 4.49. The normalized spacial score (nSPS) is 22.2. The van der Waals surface area contributed by atoms with E-state index in [0.29, 0.717) is 5.92 Å². The Bertz CT molecular complexity index is 308. The molecule has 13 heavy (non-hydrogen) atoms. The molecule has 1 aliphatic rings. The van der Waals surface area contributed by atoms with E-state index in [1.54, 1.807) is 0 Å². The molecule has 1 atom stereocenters. The highest BCUT2D eigenvalue weighted by molar-refractivity contribution is 14.1. The highest BCUT2D eigenvalue weighted by atomic mass is 127. The van der Waals surface area contributed by atoms with Crippen LogP contribution in [0.3, 0.4) is 0 Å².